The van der Waals surface area contributed by atoms with E-state index in [1.54, 1.807) is 0 Å². The number of hydrogen-bond donors (Lipinski definition) is 1. The van der Waals surface area contributed by atoms with Crippen molar-refractivity contribution in [3.05, 3.63) is 0 Å². The minimum absolute atomic E-state index is 0.0618. The number of nitriles is 1. The van der Waals surface area contributed by atoms with E-state index in [0.717, 1.165) is 19.4 Å². The highest BCUT2D eigenvalue weighted by atomic mass is 16.2. The van der Waals surface area contributed by atoms with Gasteiger partial charge in [-0.1, -0.05) is 6.92 Å². The van der Waals surface area contributed by atoms with E-state index in [1.165, 1.54) is 25.9 Å². The van der Waals surface area contributed by atoms with Crippen molar-refractivity contribution in [1.82, 2.24) is 10.2 Å². The molecule has 1 aliphatic carbocycles. The number of amides is 1. The van der Waals surface area contributed by atoms with Gasteiger partial charge in [-0.25, -0.2) is 0 Å². The maximum Gasteiger partial charge on any atom is 0.240 e. The molecule has 1 atom stereocenters. The second kappa shape index (κ2) is 5.05. The van der Waals surface area contributed by atoms with E-state index in [-0.39, 0.29) is 5.91 Å². The van der Waals surface area contributed by atoms with Crippen molar-refractivity contribution in [2.75, 3.05) is 26.2 Å². The molecule has 17 heavy (non-hydrogen) atoms. The molecule has 1 saturated carbocycles. The normalized spacial score (nSPS) is 24.0. The minimum Gasteiger partial charge on any atom is -0.354 e. The van der Waals surface area contributed by atoms with E-state index < -0.39 is 5.41 Å². The first-order chi connectivity index (χ1) is 8.16. The molecule has 2 rings (SSSR count). The average Bonchev–Trinajstić information content (AvgIpc) is 2.98. The van der Waals surface area contributed by atoms with Gasteiger partial charge in [0.05, 0.1) is 6.07 Å². The molecule has 0 aromatic heterocycles. The van der Waals surface area contributed by atoms with Gasteiger partial charge in [0.2, 0.25) is 5.91 Å². The van der Waals surface area contributed by atoms with E-state index in [9.17, 15) is 4.79 Å². The van der Waals surface area contributed by atoms with Crippen molar-refractivity contribution in [2.24, 2.45) is 11.3 Å². The first-order valence-electron chi connectivity index (χ1n) is 6.58. The third-order valence-corrected chi connectivity index (χ3v) is 3.78. The molecule has 1 saturated heterocycles. The van der Waals surface area contributed by atoms with Crippen LogP contribution < -0.4 is 5.32 Å². The van der Waals surface area contributed by atoms with Crippen molar-refractivity contribution in [3.8, 4) is 6.07 Å². The fraction of sp³-hybridized carbons (Fsp3) is 0.846. The summed E-state index contributed by atoms with van der Waals surface area (Å²) in [5.41, 5.74) is -0.673. The number of nitrogens with zero attached hydrogens (tertiary/aromatic N) is 2. The van der Waals surface area contributed by atoms with Crippen molar-refractivity contribution >= 4 is 5.91 Å². The number of nitrogens with one attached hydrogen (secondary N) is 1. The maximum absolute atomic E-state index is 11.8. The third kappa shape index (κ3) is 2.98. The Bertz CT molecular complexity index is 324. The quantitative estimate of drug-likeness (QED) is 0.777. The highest BCUT2D eigenvalue weighted by Gasteiger charge is 2.50. The Labute approximate surface area is 103 Å². The van der Waals surface area contributed by atoms with Crippen LogP contribution in [0.3, 0.4) is 0 Å². The fourth-order valence-electron chi connectivity index (χ4n) is 2.42. The standard InChI is InChI=1S/C13H21N3O/c1-11(9-16-6-2-3-7-16)8-15-12(17)13(10-14)4-5-13/h11H,2-9H2,1H3,(H,15,17). The summed E-state index contributed by atoms with van der Waals surface area (Å²) in [6.45, 7) is 6.30. The summed E-state index contributed by atoms with van der Waals surface area (Å²) in [5.74, 6) is 0.403. The Kier molecular flexibility index (Phi) is 3.68. The zero-order chi connectivity index (χ0) is 12.3. The number of hydrogen-bond acceptors (Lipinski definition) is 3. The van der Waals surface area contributed by atoms with Gasteiger partial charge in [0.25, 0.3) is 0 Å². The first kappa shape index (κ1) is 12.4. The molecule has 1 heterocycles. The van der Waals surface area contributed by atoms with E-state index in [0.29, 0.717) is 12.5 Å². The summed E-state index contributed by atoms with van der Waals surface area (Å²) in [6.07, 6.45) is 4.07. The van der Waals surface area contributed by atoms with Gasteiger partial charge in [-0.3, -0.25) is 4.79 Å². The molecule has 0 bridgehead atoms. The smallest absolute Gasteiger partial charge is 0.240 e. The number of rotatable bonds is 5. The van der Waals surface area contributed by atoms with Crippen LogP contribution in [0.15, 0.2) is 0 Å². The van der Waals surface area contributed by atoms with Gasteiger partial charge in [-0.2, -0.15) is 5.26 Å². The van der Waals surface area contributed by atoms with E-state index in [4.69, 9.17) is 5.26 Å². The lowest BCUT2D eigenvalue weighted by atomic mass is 10.1. The summed E-state index contributed by atoms with van der Waals surface area (Å²) >= 11 is 0. The summed E-state index contributed by atoms with van der Waals surface area (Å²) in [4.78, 5) is 14.2. The Morgan fingerprint density at radius 2 is 2.12 bits per heavy atom. The second-order valence-corrected chi connectivity index (χ2v) is 5.52. The molecule has 4 nitrogen and oxygen atoms in total. The average molecular weight is 235 g/mol. The van der Waals surface area contributed by atoms with Crippen LogP contribution in [0.2, 0.25) is 0 Å². The van der Waals surface area contributed by atoms with Gasteiger partial charge in [0.1, 0.15) is 5.41 Å². The first-order valence-corrected chi connectivity index (χ1v) is 6.58. The molecule has 1 N–H and O–H groups in total. The molecule has 2 aliphatic rings. The van der Waals surface area contributed by atoms with Crippen LogP contribution in [0.25, 0.3) is 0 Å². The lowest BCUT2D eigenvalue weighted by Crippen LogP contribution is -2.37. The zero-order valence-corrected chi connectivity index (χ0v) is 10.5. The molecular formula is C13H21N3O. The molecule has 2 fully saturated rings. The van der Waals surface area contributed by atoms with Gasteiger partial charge in [-0.15, -0.1) is 0 Å². The highest BCUT2D eigenvalue weighted by molar-refractivity contribution is 5.88. The van der Waals surface area contributed by atoms with Gasteiger partial charge >= 0.3 is 0 Å². The lowest BCUT2D eigenvalue weighted by Gasteiger charge is -2.20. The van der Waals surface area contributed by atoms with Crippen molar-refractivity contribution in [3.63, 3.8) is 0 Å². The van der Waals surface area contributed by atoms with Crippen LogP contribution in [-0.2, 0) is 4.79 Å². The monoisotopic (exact) mass is 235 g/mol. The van der Waals surface area contributed by atoms with Crippen molar-refractivity contribution in [2.45, 2.75) is 32.6 Å². The maximum atomic E-state index is 11.8. The summed E-state index contributed by atoms with van der Waals surface area (Å²) in [7, 11) is 0. The van der Waals surface area contributed by atoms with Gasteiger partial charge in [0.15, 0.2) is 0 Å². The highest BCUT2D eigenvalue weighted by Crippen LogP contribution is 2.44. The van der Waals surface area contributed by atoms with Gasteiger partial charge in [0, 0.05) is 13.1 Å². The fourth-order valence-corrected chi connectivity index (χ4v) is 2.42. The molecule has 0 radical (unpaired) electrons. The van der Waals surface area contributed by atoms with E-state index in [2.05, 4.69) is 23.2 Å². The minimum atomic E-state index is -0.673. The number of likely N-dealkylation sites (tertiary alicyclic amines) is 1. The molecule has 94 valence electrons. The molecule has 0 spiro atoms. The van der Waals surface area contributed by atoms with Crippen LogP contribution >= 0.6 is 0 Å². The predicted octanol–water partition coefficient (Wildman–Crippen LogP) is 1.14. The summed E-state index contributed by atoms with van der Waals surface area (Å²) < 4.78 is 0. The Balaban J connectivity index is 1.67. The van der Waals surface area contributed by atoms with Gasteiger partial charge in [-0.05, 0) is 44.7 Å². The topological polar surface area (TPSA) is 56.1 Å². The van der Waals surface area contributed by atoms with Crippen LogP contribution in [0.1, 0.15) is 32.6 Å². The number of carbonyl (C=O) groups excluding carboxylic acids is 1. The number of carbonyl (C=O) groups is 1. The van der Waals surface area contributed by atoms with Crippen LogP contribution in [0.4, 0.5) is 0 Å². The molecular weight excluding hydrogens is 214 g/mol. The van der Waals surface area contributed by atoms with E-state index in [1.807, 2.05) is 0 Å². The summed E-state index contributed by atoms with van der Waals surface area (Å²) in [5, 5.41) is 11.8. The summed E-state index contributed by atoms with van der Waals surface area (Å²) in [6, 6.07) is 2.13. The van der Waals surface area contributed by atoms with Gasteiger partial charge < -0.3 is 10.2 Å². The Morgan fingerprint density at radius 3 is 2.65 bits per heavy atom. The van der Waals surface area contributed by atoms with Crippen molar-refractivity contribution in [1.29, 1.82) is 5.26 Å². The zero-order valence-electron chi connectivity index (χ0n) is 10.5. The Hall–Kier alpha value is -1.08. The molecule has 4 heteroatoms. The molecule has 1 unspecified atom stereocenters. The molecule has 1 amide bonds. The molecule has 0 aromatic rings. The third-order valence-electron chi connectivity index (χ3n) is 3.78. The molecule has 0 aromatic carbocycles. The van der Waals surface area contributed by atoms with E-state index >= 15 is 0 Å². The Morgan fingerprint density at radius 1 is 1.47 bits per heavy atom. The molecule has 1 aliphatic heterocycles. The largest absolute Gasteiger partial charge is 0.354 e. The predicted molar refractivity (Wildman–Crippen MR) is 65.1 cm³/mol. The van der Waals surface area contributed by atoms with Crippen LogP contribution in [0, 0.1) is 22.7 Å². The van der Waals surface area contributed by atoms with Crippen LogP contribution in [-0.4, -0.2) is 37.0 Å². The SMILES string of the molecule is CC(CNC(=O)C1(C#N)CC1)CN1CCCC1. The second-order valence-electron chi connectivity index (χ2n) is 5.52. The van der Waals surface area contributed by atoms with Crippen LogP contribution in [0.5, 0.6) is 0 Å². The van der Waals surface area contributed by atoms with Crippen molar-refractivity contribution < 1.29 is 4.79 Å². The lowest BCUT2D eigenvalue weighted by molar-refractivity contribution is -0.124.